The Hall–Kier alpha value is -2.58. The molecule has 32 heavy (non-hydrogen) atoms. The largest absolute Gasteiger partial charge is 0.496 e. The molecule has 2 N–H and O–H groups in total. The Bertz CT molecular complexity index is 1100. The van der Waals surface area contributed by atoms with Crippen molar-refractivity contribution in [3.63, 3.8) is 0 Å². The Morgan fingerprint density at radius 1 is 1.31 bits per heavy atom. The number of methoxy groups -OCH3 is 1. The van der Waals surface area contributed by atoms with E-state index in [4.69, 9.17) is 4.74 Å². The highest BCUT2D eigenvalue weighted by Crippen LogP contribution is 2.45. The molecule has 0 unspecified atom stereocenters. The number of nitrogens with zero attached hydrogens (tertiary/aromatic N) is 1. The second-order valence-corrected chi connectivity index (χ2v) is 9.37. The summed E-state index contributed by atoms with van der Waals surface area (Å²) in [6, 6.07) is 10.8. The molecule has 1 aliphatic rings. The minimum Gasteiger partial charge on any atom is -0.496 e. The molecule has 0 bridgehead atoms. The van der Waals surface area contributed by atoms with Crippen LogP contribution in [0.3, 0.4) is 0 Å². The van der Waals surface area contributed by atoms with E-state index in [1.807, 2.05) is 37.4 Å². The number of hydrogen-bond donors (Lipinski definition) is 2. The van der Waals surface area contributed by atoms with Gasteiger partial charge in [0.15, 0.2) is 0 Å². The van der Waals surface area contributed by atoms with Crippen LogP contribution >= 0.6 is 11.8 Å². The van der Waals surface area contributed by atoms with Crippen molar-refractivity contribution in [3.05, 3.63) is 59.3 Å². The minimum absolute atomic E-state index is 0.0182. The fourth-order valence-electron chi connectivity index (χ4n) is 4.47. The van der Waals surface area contributed by atoms with Gasteiger partial charge < -0.3 is 14.8 Å². The number of H-pyrrole nitrogens is 1. The van der Waals surface area contributed by atoms with Gasteiger partial charge in [0.1, 0.15) is 5.75 Å². The molecule has 8 heteroatoms. The number of aromatic amines is 1. The van der Waals surface area contributed by atoms with Crippen molar-refractivity contribution >= 4 is 28.6 Å². The maximum atomic E-state index is 13.1. The van der Waals surface area contributed by atoms with E-state index in [9.17, 15) is 18.7 Å². The van der Waals surface area contributed by atoms with Gasteiger partial charge in [0.25, 0.3) is 6.43 Å². The van der Waals surface area contributed by atoms with Gasteiger partial charge in [-0.05, 0) is 55.3 Å². The van der Waals surface area contributed by atoms with Crippen LogP contribution in [0.25, 0.3) is 10.9 Å². The second kappa shape index (κ2) is 9.50. The minimum atomic E-state index is -2.38. The highest BCUT2D eigenvalue weighted by Gasteiger charge is 2.33. The average molecular weight is 461 g/mol. The molecule has 170 valence electrons. The predicted octanol–water partition coefficient (Wildman–Crippen LogP) is 5.40. The molecule has 5 nitrogen and oxygen atoms in total. The first-order valence-corrected chi connectivity index (χ1v) is 11.4. The number of fused-ring (bicyclic) bond motifs is 1. The number of alkyl halides is 2. The molecule has 2 atom stereocenters. The zero-order valence-electron chi connectivity index (χ0n) is 18.0. The van der Waals surface area contributed by atoms with Crippen LogP contribution in [-0.4, -0.2) is 59.4 Å². The molecule has 0 radical (unpaired) electrons. The Balaban J connectivity index is 1.68. The normalized spacial score (nSPS) is 19.5. The van der Waals surface area contributed by atoms with Gasteiger partial charge in [-0.3, -0.25) is 4.90 Å². The number of nitrogens with one attached hydrogen (secondary N) is 1. The Morgan fingerprint density at radius 2 is 2.06 bits per heavy atom. The monoisotopic (exact) mass is 460 g/mol. The molecule has 0 saturated carbocycles. The van der Waals surface area contributed by atoms with Crippen molar-refractivity contribution in [1.29, 1.82) is 0 Å². The Kier molecular flexibility index (Phi) is 6.71. The van der Waals surface area contributed by atoms with Crippen LogP contribution in [0.5, 0.6) is 5.75 Å². The summed E-state index contributed by atoms with van der Waals surface area (Å²) in [4.78, 5) is 17.4. The van der Waals surface area contributed by atoms with Crippen molar-refractivity contribution in [2.24, 2.45) is 0 Å². The molecule has 3 aromatic rings. The summed E-state index contributed by atoms with van der Waals surface area (Å²) in [6.07, 6.45) is 0.270. The molecule has 2 aromatic carbocycles. The molecule has 0 spiro atoms. The fraction of sp³-hybridized carbons (Fsp3) is 0.375. The maximum absolute atomic E-state index is 13.1. The number of carboxylic acids is 1. The molecule has 2 heterocycles. The van der Waals surface area contributed by atoms with E-state index in [1.54, 1.807) is 35.9 Å². The number of ether oxygens (including phenoxy) is 1. The Morgan fingerprint density at radius 3 is 2.72 bits per heavy atom. The first-order chi connectivity index (χ1) is 15.4. The first kappa shape index (κ1) is 22.6. The van der Waals surface area contributed by atoms with E-state index in [1.165, 1.54) is 0 Å². The predicted molar refractivity (Wildman–Crippen MR) is 122 cm³/mol. The maximum Gasteiger partial charge on any atom is 0.335 e. The third kappa shape index (κ3) is 4.61. The number of hydrogen-bond acceptors (Lipinski definition) is 4. The smallest absolute Gasteiger partial charge is 0.335 e. The molecular formula is C24H26F2N2O3S. The van der Waals surface area contributed by atoms with E-state index in [0.29, 0.717) is 13.1 Å². The van der Waals surface area contributed by atoms with Crippen LogP contribution < -0.4 is 4.74 Å². The fourth-order valence-corrected chi connectivity index (χ4v) is 5.96. The van der Waals surface area contributed by atoms with Gasteiger partial charge in [0, 0.05) is 34.8 Å². The standard InChI is InChI=1S/C24H26F2N2O3S/c1-14-11-19(31-2)23(17-7-9-27-22(14)17)32-20-8-10-28(13-21(25)26)12-18(20)15-3-5-16(6-4-15)24(29)30/h3-7,9,11,18,20-21,27H,8,10,12-13H2,1-2H3,(H,29,30)/t18-,20+/m0/s1. The van der Waals surface area contributed by atoms with Crippen LogP contribution in [0.2, 0.25) is 0 Å². The highest BCUT2D eigenvalue weighted by atomic mass is 32.2. The third-order valence-electron chi connectivity index (χ3n) is 6.06. The van der Waals surface area contributed by atoms with Crippen LogP contribution in [0.15, 0.2) is 47.5 Å². The van der Waals surface area contributed by atoms with Crippen molar-refractivity contribution in [3.8, 4) is 5.75 Å². The van der Waals surface area contributed by atoms with Gasteiger partial charge in [-0.25, -0.2) is 13.6 Å². The Labute approximate surface area is 189 Å². The number of aromatic carboxylic acids is 1. The molecule has 0 amide bonds. The molecule has 4 rings (SSSR count). The number of benzene rings is 2. The van der Waals surface area contributed by atoms with Crippen LogP contribution in [-0.2, 0) is 0 Å². The lowest BCUT2D eigenvalue weighted by molar-refractivity contribution is 0.0695. The van der Waals surface area contributed by atoms with E-state index in [2.05, 4.69) is 4.98 Å². The van der Waals surface area contributed by atoms with Gasteiger partial charge in [0.05, 0.1) is 24.1 Å². The summed E-state index contributed by atoms with van der Waals surface area (Å²) in [7, 11) is 1.66. The number of aromatic nitrogens is 1. The topological polar surface area (TPSA) is 65.6 Å². The van der Waals surface area contributed by atoms with Crippen LogP contribution in [0.1, 0.15) is 33.8 Å². The number of likely N-dealkylation sites (tertiary alicyclic amines) is 1. The number of carbonyl (C=O) groups is 1. The van der Waals surface area contributed by atoms with E-state index < -0.39 is 12.4 Å². The third-order valence-corrected chi connectivity index (χ3v) is 7.59. The zero-order valence-corrected chi connectivity index (χ0v) is 18.8. The molecule has 1 aromatic heterocycles. The van der Waals surface area contributed by atoms with Gasteiger partial charge in [-0.1, -0.05) is 12.1 Å². The van der Waals surface area contributed by atoms with Gasteiger partial charge >= 0.3 is 5.97 Å². The lowest BCUT2D eigenvalue weighted by atomic mass is 9.89. The summed E-state index contributed by atoms with van der Waals surface area (Å²) in [5, 5.41) is 10.4. The quantitative estimate of drug-likeness (QED) is 0.494. The second-order valence-electron chi connectivity index (χ2n) is 8.12. The molecule has 1 fully saturated rings. The van der Waals surface area contributed by atoms with Crippen LogP contribution in [0, 0.1) is 6.92 Å². The summed E-state index contributed by atoms with van der Waals surface area (Å²) < 4.78 is 31.8. The van der Waals surface area contributed by atoms with E-state index >= 15 is 0 Å². The summed E-state index contributed by atoms with van der Waals surface area (Å²) in [6.45, 7) is 2.87. The van der Waals surface area contributed by atoms with Crippen molar-refractivity contribution < 1.29 is 23.4 Å². The number of rotatable bonds is 7. The van der Waals surface area contributed by atoms with E-state index in [0.717, 1.165) is 39.1 Å². The number of aryl methyl sites for hydroxylation is 1. The first-order valence-electron chi connectivity index (χ1n) is 10.5. The lowest BCUT2D eigenvalue weighted by Crippen LogP contribution is -2.42. The van der Waals surface area contributed by atoms with Crippen LogP contribution in [0.4, 0.5) is 8.78 Å². The highest BCUT2D eigenvalue weighted by molar-refractivity contribution is 8.00. The number of halogens is 2. The van der Waals surface area contributed by atoms with E-state index in [-0.39, 0.29) is 23.3 Å². The van der Waals surface area contributed by atoms with Crippen molar-refractivity contribution in [1.82, 2.24) is 9.88 Å². The average Bonchev–Trinajstić information content (AvgIpc) is 3.27. The van der Waals surface area contributed by atoms with Gasteiger partial charge in [0.2, 0.25) is 0 Å². The molecule has 1 saturated heterocycles. The van der Waals surface area contributed by atoms with Crippen molar-refractivity contribution in [2.45, 2.75) is 35.8 Å². The van der Waals surface area contributed by atoms with Gasteiger partial charge in [-0.2, -0.15) is 0 Å². The van der Waals surface area contributed by atoms with Crippen molar-refractivity contribution in [2.75, 3.05) is 26.7 Å². The SMILES string of the molecule is COc1cc(C)c2[nH]ccc2c1S[C@@H]1CCN(CC(F)F)C[C@H]1c1ccc(C(=O)O)cc1. The molecule has 1 aliphatic heterocycles. The molecular weight excluding hydrogens is 434 g/mol. The van der Waals surface area contributed by atoms with Gasteiger partial charge in [-0.15, -0.1) is 11.8 Å². The number of thioether (sulfide) groups is 1. The summed E-state index contributed by atoms with van der Waals surface area (Å²) >= 11 is 1.72. The summed E-state index contributed by atoms with van der Waals surface area (Å²) in [5.74, 6) is -0.199. The lowest BCUT2D eigenvalue weighted by Gasteiger charge is -2.38. The number of carboxylic acid groups (broad SMARTS) is 1. The number of piperidine rings is 1. The summed E-state index contributed by atoms with van der Waals surface area (Å²) in [5.41, 5.74) is 3.33. The molecule has 0 aliphatic carbocycles. The zero-order chi connectivity index (χ0) is 22.8.